The van der Waals surface area contributed by atoms with Gasteiger partial charge in [0.05, 0.1) is 12.6 Å². The van der Waals surface area contributed by atoms with Crippen molar-refractivity contribution < 1.29 is 9.13 Å². The molecular weight excluding hydrogens is 265 g/mol. The van der Waals surface area contributed by atoms with E-state index in [1.165, 1.54) is 6.07 Å². The number of hydrogen-bond acceptors (Lipinski definition) is 2. The van der Waals surface area contributed by atoms with Gasteiger partial charge in [-0.05, 0) is 50.1 Å². The fraction of sp³-hybridized carbons (Fsp3) is 0.467. The molecule has 19 heavy (non-hydrogen) atoms. The quantitative estimate of drug-likeness (QED) is 0.874. The third-order valence-electron chi connectivity index (χ3n) is 3.11. The maximum absolute atomic E-state index is 14.0. The van der Waals surface area contributed by atoms with Gasteiger partial charge in [-0.25, -0.2) is 4.39 Å². The summed E-state index contributed by atoms with van der Waals surface area (Å²) in [6.45, 7) is 3.57. The molecule has 2 nitrogen and oxygen atoms in total. The van der Waals surface area contributed by atoms with Crippen LogP contribution in [0.4, 0.5) is 4.39 Å². The van der Waals surface area contributed by atoms with Crippen LogP contribution in [0.1, 0.15) is 37.8 Å². The molecule has 1 aromatic carbocycles. The zero-order valence-electron chi connectivity index (χ0n) is 11.1. The van der Waals surface area contributed by atoms with Crippen molar-refractivity contribution in [3.63, 3.8) is 0 Å². The lowest BCUT2D eigenvalue weighted by atomic mass is 10.0. The summed E-state index contributed by atoms with van der Waals surface area (Å²) < 4.78 is 19.7. The number of benzene rings is 1. The minimum atomic E-state index is -0.256. The number of nitrogens with one attached hydrogen (secondary N) is 1. The Morgan fingerprint density at radius 2 is 2.32 bits per heavy atom. The van der Waals surface area contributed by atoms with Crippen molar-refractivity contribution in [3.8, 4) is 0 Å². The lowest BCUT2D eigenvalue weighted by Gasteiger charge is -2.25. The molecule has 1 aromatic rings. The maximum atomic E-state index is 14.0. The van der Waals surface area contributed by atoms with E-state index in [0.717, 1.165) is 31.6 Å². The van der Waals surface area contributed by atoms with Crippen LogP contribution in [-0.4, -0.2) is 13.2 Å². The molecule has 1 unspecified atom stereocenters. The number of rotatable bonds is 5. The van der Waals surface area contributed by atoms with Gasteiger partial charge in [0, 0.05) is 10.6 Å². The van der Waals surface area contributed by atoms with Gasteiger partial charge in [-0.1, -0.05) is 18.5 Å². The van der Waals surface area contributed by atoms with Crippen molar-refractivity contribution in [1.82, 2.24) is 5.32 Å². The van der Waals surface area contributed by atoms with Crippen LogP contribution >= 0.6 is 11.6 Å². The second kappa shape index (κ2) is 6.92. The first-order chi connectivity index (χ1) is 9.22. The van der Waals surface area contributed by atoms with Crippen molar-refractivity contribution in [2.45, 2.75) is 32.2 Å². The van der Waals surface area contributed by atoms with E-state index in [2.05, 4.69) is 12.2 Å². The second-order valence-electron chi connectivity index (χ2n) is 4.65. The molecule has 1 heterocycles. The van der Waals surface area contributed by atoms with Gasteiger partial charge in [0.15, 0.2) is 0 Å². The lowest BCUT2D eigenvalue weighted by Crippen LogP contribution is -2.27. The summed E-state index contributed by atoms with van der Waals surface area (Å²) in [5, 5.41) is 3.87. The van der Waals surface area contributed by atoms with Gasteiger partial charge in [-0.15, -0.1) is 0 Å². The van der Waals surface area contributed by atoms with E-state index in [9.17, 15) is 4.39 Å². The molecule has 2 rings (SSSR count). The molecule has 0 radical (unpaired) electrons. The molecule has 4 heteroatoms. The zero-order chi connectivity index (χ0) is 13.7. The molecular formula is C15H19ClFNO. The Hall–Kier alpha value is -1.06. The molecule has 1 N–H and O–H groups in total. The molecule has 0 saturated carbocycles. The van der Waals surface area contributed by atoms with Crippen molar-refractivity contribution in [3.05, 3.63) is 46.4 Å². The first-order valence-electron chi connectivity index (χ1n) is 6.73. The smallest absolute Gasteiger partial charge is 0.128 e. The minimum absolute atomic E-state index is 0.251. The standard InChI is InChI=1S/C15H19ClFNO/c1-2-8-18-15(14-5-3-4-9-19-14)12-10-11(16)6-7-13(12)17/h5-7,10,15,18H,2-4,8-9H2,1H3. The van der Waals surface area contributed by atoms with Crippen molar-refractivity contribution in [2.75, 3.05) is 13.2 Å². The second-order valence-corrected chi connectivity index (χ2v) is 5.09. The molecule has 104 valence electrons. The molecule has 1 aliphatic heterocycles. The van der Waals surface area contributed by atoms with Gasteiger partial charge in [0.1, 0.15) is 11.6 Å². The summed E-state index contributed by atoms with van der Waals surface area (Å²) >= 11 is 5.98. The summed E-state index contributed by atoms with van der Waals surface area (Å²) in [5.74, 6) is 0.550. The fourth-order valence-corrected chi connectivity index (χ4v) is 2.35. The van der Waals surface area contributed by atoms with E-state index in [-0.39, 0.29) is 11.9 Å². The van der Waals surface area contributed by atoms with Gasteiger partial charge >= 0.3 is 0 Å². The largest absolute Gasteiger partial charge is 0.496 e. The van der Waals surface area contributed by atoms with Gasteiger partial charge < -0.3 is 10.1 Å². The van der Waals surface area contributed by atoms with E-state index in [1.807, 2.05) is 6.08 Å². The third kappa shape index (κ3) is 3.71. The Morgan fingerprint density at radius 1 is 1.47 bits per heavy atom. The van der Waals surface area contributed by atoms with E-state index < -0.39 is 0 Å². The van der Waals surface area contributed by atoms with Gasteiger partial charge in [0.2, 0.25) is 0 Å². The average molecular weight is 284 g/mol. The highest BCUT2D eigenvalue weighted by atomic mass is 35.5. The molecule has 0 bridgehead atoms. The summed E-state index contributed by atoms with van der Waals surface area (Å²) in [4.78, 5) is 0. The van der Waals surface area contributed by atoms with E-state index in [1.54, 1.807) is 12.1 Å². The Bertz CT molecular complexity index is 461. The fourth-order valence-electron chi connectivity index (χ4n) is 2.17. The average Bonchev–Trinajstić information content (AvgIpc) is 2.44. The highest BCUT2D eigenvalue weighted by Gasteiger charge is 2.22. The van der Waals surface area contributed by atoms with Crippen molar-refractivity contribution in [2.24, 2.45) is 0 Å². The highest BCUT2D eigenvalue weighted by Crippen LogP contribution is 2.29. The van der Waals surface area contributed by atoms with Crippen LogP contribution in [0.25, 0.3) is 0 Å². The Morgan fingerprint density at radius 3 is 3.00 bits per heavy atom. The number of ether oxygens (including phenoxy) is 1. The van der Waals surface area contributed by atoms with Gasteiger partial charge in [-0.3, -0.25) is 0 Å². The Balaban J connectivity index is 2.30. The monoisotopic (exact) mass is 283 g/mol. The van der Waals surface area contributed by atoms with Crippen LogP contribution in [-0.2, 0) is 4.74 Å². The molecule has 1 atom stereocenters. The minimum Gasteiger partial charge on any atom is -0.496 e. The van der Waals surface area contributed by atoms with E-state index in [4.69, 9.17) is 16.3 Å². The number of hydrogen-bond donors (Lipinski definition) is 1. The lowest BCUT2D eigenvalue weighted by molar-refractivity contribution is 0.166. The highest BCUT2D eigenvalue weighted by molar-refractivity contribution is 6.30. The molecule has 0 saturated heterocycles. The van der Waals surface area contributed by atoms with Gasteiger partial charge in [-0.2, -0.15) is 0 Å². The third-order valence-corrected chi connectivity index (χ3v) is 3.35. The van der Waals surface area contributed by atoms with E-state index >= 15 is 0 Å². The van der Waals surface area contributed by atoms with E-state index in [0.29, 0.717) is 17.2 Å². The van der Waals surface area contributed by atoms with Crippen LogP contribution in [0.5, 0.6) is 0 Å². The first-order valence-corrected chi connectivity index (χ1v) is 7.11. The van der Waals surface area contributed by atoms with Crippen LogP contribution < -0.4 is 5.32 Å². The van der Waals surface area contributed by atoms with Crippen LogP contribution in [0.3, 0.4) is 0 Å². The molecule has 0 amide bonds. The topological polar surface area (TPSA) is 21.3 Å². The van der Waals surface area contributed by atoms with Crippen molar-refractivity contribution in [1.29, 1.82) is 0 Å². The molecule has 0 fully saturated rings. The summed E-state index contributed by atoms with van der Waals surface area (Å²) in [5.41, 5.74) is 0.550. The maximum Gasteiger partial charge on any atom is 0.128 e. The van der Waals surface area contributed by atoms with Crippen LogP contribution in [0, 0.1) is 5.82 Å². The first kappa shape index (κ1) is 14.4. The van der Waals surface area contributed by atoms with Crippen LogP contribution in [0.2, 0.25) is 5.02 Å². The summed E-state index contributed by atoms with van der Waals surface area (Å²) in [6.07, 6.45) is 5.01. The van der Waals surface area contributed by atoms with Crippen molar-refractivity contribution >= 4 is 11.6 Å². The summed E-state index contributed by atoms with van der Waals surface area (Å²) in [6, 6.07) is 4.39. The normalized spacial score (nSPS) is 16.7. The molecule has 0 aromatic heterocycles. The number of allylic oxidation sites excluding steroid dienone is 1. The number of halogens is 2. The molecule has 1 aliphatic rings. The SMILES string of the molecule is CCCNC(C1=CCCCO1)c1cc(Cl)ccc1F. The predicted molar refractivity (Wildman–Crippen MR) is 75.7 cm³/mol. The van der Waals surface area contributed by atoms with Gasteiger partial charge in [0.25, 0.3) is 0 Å². The predicted octanol–water partition coefficient (Wildman–Crippen LogP) is 4.21. The zero-order valence-corrected chi connectivity index (χ0v) is 11.8. The molecule has 0 spiro atoms. The summed E-state index contributed by atoms with van der Waals surface area (Å²) in [7, 11) is 0. The Labute approximate surface area is 118 Å². The Kier molecular flexibility index (Phi) is 5.23. The molecule has 0 aliphatic carbocycles. The van der Waals surface area contributed by atoms with Crippen LogP contribution in [0.15, 0.2) is 30.0 Å².